The zero-order chi connectivity index (χ0) is 21.5. The highest BCUT2D eigenvalue weighted by atomic mass is 16.5. The van der Waals surface area contributed by atoms with E-state index < -0.39 is 0 Å². The molecule has 0 fully saturated rings. The van der Waals surface area contributed by atoms with Gasteiger partial charge in [0.25, 0.3) is 5.91 Å². The number of fused-ring (bicyclic) bond motifs is 2. The molecular weight excluding hydrogens is 390 g/mol. The average Bonchev–Trinajstić information content (AvgIpc) is 3.35. The summed E-state index contributed by atoms with van der Waals surface area (Å²) < 4.78 is 6.25. The summed E-state index contributed by atoms with van der Waals surface area (Å²) in [5.41, 5.74) is 6.93. The Balaban J connectivity index is 1.31. The Hall–Kier alpha value is -3.74. The fourth-order valence-corrected chi connectivity index (χ4v) is 4.02. The molecule has 1 amide bonds. The summed E-state index contributed by atoms with van der Waals surface area (Å²) in [6.07, 6.45) is 2.38. The van der Waals surface area contributed by atoms with Gasteiger partial charge in [-0.2, -0.15) is 0 Å². The summed E-state index contributed by atoms with van der Waals surface area (Å²) in [6.45, 7) is 6.20. The molecule has 5 rings (SSSR count). The van der Waals surface area contributed by atoms with E-state index >= 15 is 0 Å². The van der Waals surface area contributed by atoms with E-state index in [2.05, 4.69) is 31.3 Å². The predicted octanol–water partition coefficient (Wildman–Crippen LogP) is 3.68. The van der Waals surface area contributed by atoms with Gasteiger partial charge in [-0.15, -0.1) is 0 Å². The lowest BCUT2D eigenvalue weighted by atomic mass is 10.0. The van der Waals surface area contributed by atoms with Crippen LogP contribution in [-0.2, 0) is 6.42 Å². The van der Waals surface area contributed by atoms with Crippen LogP contribution in [-0.4, -0.2) is 38.5 Å². The predicted molar refractivity (Wildman–Crippen MR) is 118 cm³/mol. The smallest absolute Gasteiger partial charge is 0.251 e. The molecule has 1 aliphatic rings. The zero-order valence-electron chi connectivity index (χ0n) is 17.7. The van der Waals surface area contributed by atoms with Crippen LogP contribution in [0, 0.1) is 20.8 Å². The first kappa shape index (κ1) is 19.2. The molecule has 0 bridgehead atoms. The van der Waals surface area contributed by atoms with Crippen LogP contribution in [0.4, 0.5) is 0 Å². The number of rotatable bonds is 4. The molecular formula is C24H23N5O2. The number of aromatic amines is 1. The highest BCUT2D eigenvalue weighted by Gasteiger charge is 2.27. The average molecular weight is 413 g/mol. The summed E-state index contributed by atoms with van der Waals surface area (Å²) in [7, 11) is 0. The van der Waals surface area contributed by atoms with Crippen LogP contribution in [0.5, 0.6) is 5.75 Å². The lowest BCUT2D eigenvalue weighted by Gasteiger charge is -2.14. The van der Waals surface area contributed by atoms with Gasteiger partial charge in [-0.25, -0.2) is 9.97 Å². The Kier molecular flexibility index (Phi) is 4.66. The number of nitrogens with zero attached hydrogens (tertiary/aromatic N) is 3. The van der Waals surface area contributed by atoms with Crippen molar-refractivity contribution in [2.75, 3.05) is 6.54 Å². The summed E-state index contributed by atoms with van der Waals surface area (Å²) in [5, 5.41) is 3.00. The molecule has 7 heteroatoms. The van der Waals surface area contributed by atoms with Crippen LogP contribution >= 0.6 is 0 Å². The number of amides is 1. The Morgan fingerprint density at radius 2 is 2.06 bits per heavy atom. The van der Waals surface area contributed by atoms with Crippen molar-refractivity contribution in [1.29, 1.82) is 0 Å². The van der Waals surface area contributed by atoms with Crippen molar-refractivity contribution in [1.82, 2.24) is 25.3 Å². The number of benzene rings is 2. The zero-order valence-corrected chi connectivity index (χ0v) is 17.7. The van der Waals surface area contributed by atoms with Gasteiger partial charge in [-0.3, -0.25) is 9.78 Å². The van der Waals surface area contributed by atoms with Crippen LogP contribution in [0.2, 0.25) is 0 Å². The summed E-state index contributed by atoms with van der Waals surface area (Å²) >= 11 is 0. The number of nitrogens with one attached hydrogen (secondary N) is 2. The molecule has 0 radical (unpaired) electrons. The highest BCUT2D eigenvalue weighted by Crippen LogP contribution is 2.38. The van der Waals surface area contributed by atoms with E-state index in [4.69, 9.17) is 4.74 Å². The lowest BCUT2D eigenvalue weighted by molar-refractivity contribution is 0.0934. The van der Waals surface area contributed by atoms with Gasteiger partial charge in [0.2, 0.25) is 0 Å². The molecule has 0 aliphatic carbocycles. The minimum Gasteiger partial charge on any atom is -0.487 e. The third-order valence-electron chi connectivity index (χ3n) is 5.51. The molecule has 7 nitrogen and oxygen atoms in total. The number of hydrogen-bond donors (Lipinski definition) is 2. The molecule has 2 aromatic carbocycles. The molecule has 1 atom stereocenters. The van der Waals surface area contributed by atoms with Crippen molar-refractivity contribution in [3.63, 3.8) is 0 Å². The maximum atomic E-state index is 12.7. The quantitative estimate of drug-likeness (QED) is 0.532. The molecule has 3 heterocycles. The van der Waals surface area contributed by atoms with E-state index in [-0.39, 0.29) is 12.0 Å². The number of aromatic nitrogens is 4. The summed E-state index contributed by atoms with van der Waals surface area (Å²) in [6, 6.07) is 11.6. The first-order chi connectivity index (χ1) is 15.0. The number of ether oxygens (including phenoxy) is 1. The highest BCUT2D eigenvalue weighted by molar-refractivity contribution is 5.97. The third-order valence-corrected chi connectivity index (χ3v) is 5.51. The van der Waals surface area contributed by atoms with Gasteiger partial charge in [0.15, 0.2) is 0 Å². The number of H-pyrrole nitrogens is 1. The van der Waals surface area contributed by atoms with E-state index in [0.29, 0.717) is 12.1 Å². The van der Waals surface area contributed by atoms with Crippen LogP contribution in [0.15, 0.2) is 42.6 Å². The Bertz CT molecular complexity index is 1310. The topological polar surface area (TPSA) is 92.8 Å². The molecule has 1 aliphatic heterocycles. The van der Waals surface area contributed by atoms with Crippen LogP contribution in [0.3, 0.4) is 0 Å². The van der Waals surface area contributed by atoms with E-state index in [9.17, 15) is 4.79 Å². The fourth-order valence-electron chi connectivity index (χ4n) is 4.02. The first-order valence-electron chi connectivity index (χ1n) is 10.3. The van der Waals surface area contributed by atoms with Gasteiger partial charge >= 0.3 is 0 Å². The van der Waals surface area contributed by atoms with Gasteiger partial charge in [0.1, 0.15) is 17.7 Å². The SMILES string of the molecule is Cc1cnc(C)c(-c2cccc3c2O[C@@H](CNC(=O)c2ccc4nc(C)[nH]c4c2)C3)n1. The van der Waals surface area contributed by atoms with Crippen molar-refractivity contribution in [2.45, 2.75) is 33.3 Å². The Morgan fingerprint density at radius 1 is 1.19 bits per heavy atom. The number of carbonyl (C=O) groups is 1. The monoisotopic (exact) mass is 413 g/mol. The molecule has 0 saturated carbocycles. The molecule has 2 aromatic heterocycles. The molecule has 0 saturated heterocycles. The van der Waals surface area contributed by atoms with Crippen molar-refractivity contribution < 1.29 is 9.53 Å². The maximum absolute atomic E-state index is 12.7. The van der Waals surface area contributed by atoms with Crippen molar-refractivity contribution in [2.24, 2.45) is 0 Å². The second-order valence-electron chi connectivity index (χ2n) is 7.95. The molecule has 0 spiro atoms. The summed E-state index contributed by atoms with van der Waals surface area (Å²) in [4.78, 5) is 29.3. The first-order valence-corrected chi connectivity index (χ1v) is 10.3. The third kappa shape index (κ3) is 3.63. The van der Waals surface area contributed by atoms with E-state index in [1.165, 1.54) is 0 Å². The maximum Gasteiger partial charge on any atom is 0.251 e. The normalized spacial score (nSPS) is 15.0. The largest absolute Gasteiger partial charge is 0.487 e. The number of aryl methyl sites for hydroxylation is 3. The molecule has 2 N–H and O–H groups in total. The lowest BCUT2D eigenvalue weighted by Crippen LogP contribution is -2.34. The Morgan fingerprint density at radius 3 is 2.94 bits per heavy atom. The van der Waals surface area contributed by atoms with E-state index in [1.807, 2.05) is 45.0 Å². The van der Waals surface area contributed by atoms with Crippen molar-refractivity contribution in [3.8, 4) is 17.0 Å². The number of hydrogen-bond acceptors (Lipinski definition) is 5. The molecule has 31 heavy (non-hydrogen) atoms. The minimum absolute atomic E-state index is 0.128. The summed E-state index contributed by atoms with van der Waals surface area (Å²) in [5.74, 6) is 1.53. The van der Waals surface area contributed by atoms with Gasteiger partial charge in [0, 0.05) is 23.7 Å². The Labute approximate surface area is 179 Å². The molecule has 156 valence electrons. The molecule has 4 aromatic rings. The van der Waals surface area contributed by atoms with Crippen LogP contribution in [0.1, 0.15) is 33.1 Å². The number of para-hydroxylation sites is 1. The van der Waals surface area contributed by atoms with Gasteiger partial charge in [0.05, 0.1) is 34.7 Å². The number of carbonyl (C=O) groups excluding carboxylic acids is 1. The van der Waals surface area contributed by atoms with Crippen LogP contribution < -0.4 is 10.1 Å². The second kappa shape index (κ2) is 7.50. The standard InChI is InChI=1S/C24H23N5O2/c1-13-11-25-14(2)22(27-13)19-6-4-5-16-9-18(31-23(16)19)12-26-24(30)17-7-8-20-21(10-17)29-15(3)28-20/h4-8,10-11,18H,9,12H2,1-3H3,(H,26,30)(H,28,29)/t18-/m1/s1. The minimum atomic E-state index is -0.130. The van der Waals surface area contributed by atoms with Gasteiger partial charge in [-0.1, -0.05) is 12.1 Å². The van der Waals surface area contributed by atoms with Gasteiger partial charge in [-0.05, 0) is 50.6 Å². The van der Waals surface area contributed by atoms with Crippen molar-refractivity contribution >= 4 is 16.9 Å². The molecule has 0 unspecified atom stereocenters. The van der Waals surface area contributed by atoms with Crippen molar-refractivity contribution in [3.05, 3.63) is 70.9 Å². The fraction of sp³-hybridized carbons (Fsp3) is 0.250. The van der Waals surface area contributed by atoms with Gasteiger partial charge < -0.3 is 15.0 Å². The second-order valence-corrected chi connectivity index (χ2v) is 7.95. The number of imidazole rings is 1. The van der Waals surface area contributed by atoms with E-state index in [1.54, 1.807) is 12.3 Å². The van der Waals surface area contributed by atoms with E-state index in [0.717, 1.165) is 57.2 Å². The van der Waals surface area contributed by atoms with Crippen LogP contribution in [0.25, 0.3) is 22.3 Å².